The van der Waals surface area contributed by atoms with E-state index in [-0.39, 0.29) is 0 Å². The Bertz CT molecular complexity index is 186. The molecule has 0 aromatic carbocycles. The topological polar surface area (TPSA) is 0 Å². The first-order valence-electron chi connectivity index (χ1n) is 7.73. The molecule has 0 heteroatoms. The van der Waals surface area contributed by atoms with E-state index in [1.807, 2.05) is 0 Å². The average Bonchev–Trinajstić information content (AvgIpc) is 2.27. The van der Waals surface area contributed by atoms with Gasteiger partial charge in [-0.2, -0.15) is 0 Å². The van der Waals surface area contributed by atoms with Crippen molar-refractivity contribution in [2.75, 3.05) is 0 Å². The standard InChI is InChI=1S/C17H34/c1-6-10-17(7-2)14-9-13-16(5)12-8-11-15(3)4/h11,16-17H,6-10,12-14H2,1-5H3. The first-order chi connectivity index (χ1) is 8.10. The zero-order valence-electron chi connectivity index (χ0n) is 12.9. The quantitative estimate of drug-likeness (QED) is 0.388. The third-order valence-corrected chi connectivity index (χ3v) is 3.80. The van der Waals surface area contributed by atoms with Gasteiger partial charge in [0.1, 0.15) is 0 Å². The van der Waals surface area contributed by atoms with Gasteiger partial charge in [-0.1, -0.05) is 70.9 Å². The van der Waals surface area contributed by atoms with Crippen LogP contribution in [-0.2, 0) is 0 Å². The highest BCUT2D eigenvalue weighted by atomic mass is 14.1. The Hall–Kier alpha value is -0.260. The second kappa shape index (κ2) is 10.9. The summed E-state index contributed by atoms with van der Waals surface area (Å²) in [6.45, 7) is 11.5. The van der Waals surface area contributed by atoms with Crippen LogP contribution in [0.15, 0.2) is 11.6 Å². The van der Waals surface area contributed by atoms with Crippen molar-refractivity contribution in [2.45, 2.75) is 86.0 Å². The summed E-state index contributed by atoms with van der Waals surface area (Å²) in [5.74, 6) is 1.90. The first-order valence-corrected chi connectivity index (χ1v) is 7.73. The van der Waals surface area contributed by atoms with Gasteiger partial charge in [0, 0.05) is 0 Å². The number of hydrogen-bond acceptors (Lipinski definition) is 0. The average molecular weight is 238 g/mol. The first kappa shape index (κ1) is 16.7. The molecule has 0 rings (SSSR count). The predicted octanol–water partition coefficient (Wildman–Crippen LogP) is 6.37. The molecule has 0 saturated carbocycles. The van der Waals surface area contributed by atoms with Crippen LogP contribution in [0, 0.1) is 11.8 Å². The lowest BCUT2D eigenvalue weighted by molar-refractivity contribution is 0.382. The summed E-state index contributed by atoms with van der Waals surface area (Å²) in [4.78, 5) is 0. The molecule has 0 fully saturated rings. The molecule has 0 heterocycles. The van der Waals surface area contributed by atoms with Crippen LogP contribution in [0.5, 0.6) is 0 Å². The third-order valence-electron chi connectivity index (χ3n) is 3.80. The van der Waals surface area contributed by atoms with Crippen LogP contribution in [-0.4, -0.2) is 0 Å². The summed E-state index contributed by atoms with van der Waals surface area (Å²) >= 11 is 0. The minimum absolute atomic E-state index is 0.907. The normalized spacial score (nSPS) is 14.4. The minimum atomic E-state index is 0.907. The van der Waals surface area contributed by atoms with E-state index in [0.717, 1.165) is 11.8 Å². The van der Waals surface area contributed by atoms with E-state index in [0.29, 0.717) is 0 Å². The molecule has 0 spiro atoms. The summed E-state index contributed by atoms with van der Waals surface area (Å²) in [7, 11) is 0. The molecule has 0 nitrogen and oxygen atoms in total. The molecule has 0 saturated heterocycles. The number of allylic oxidation sites excluding steroid dienone is 2. The van der Waals surface area contributed by atoms with Crippen LogP contribution < -0.4 is 0 Å². The maximum absolute atomic E-state index is 2.42. The predicted molar refractivity (Wildman–Crippen MR) is 80.4 cm³/mol. The number of rotatable bonds is 10. The summed E-state index contributed by atoms with van der Waals surface area (Å²) in [5.41, 5.74) is 1.46. The van der Waals surface area contributed by atoms with Crippen LogP contribution in [0.2, 0.25) is 0 Å². The van der Waals surface area contributed by atoms with Crippen molar-refractivity contribution in [2.24, 2.45) is 11.8 Å². The van der Waals surface area contributed by atoms with Gasteiger partial charge >= 0.3 is 0 Å². The highest BCUT2D eigenvalue weighted by Crippen LogP contribution is 2.21. The maximum Gasteiger partial charge on any atom is -0.0346 e. The van der Waals surface area contributed by atoms with Crippen molar-refractivity contribution in [3.63, 3.8) is 0 Å². The van der Waals surface area contributed by atoms with Crippen LogP contribution in [0.1, 0.15) is 86.0 Å². The molecule has 2 unspecified atom stereocenters. The lowest BCUT2D eigenvalue weighted by Gasteiger charge is -2.15. The Balaban J connectivity index is 3.55. The highest BCUT2D eigenvalue weighted by molar-refractivity contribution is 4.92. The van der Waals surface area contributed by atoms with E-state index in [4.69, 9.17) is 0 Å². The van der Waals surface area contributed by atoms with Gasteiger partial charge in [0.15, 0.2) is 0 Å². The van der Waals surface area contributed by atoms with Gasteiger partial charge in [-0.25, -0.2) is 0 Å². The van der Waals surface area contributed by atoms with Gasteiger partial charge in [-0.05, 0) is 38.5 Å². The summed E-state index contributed by atoms with van der Waals surface area (Å²) in [6.07, 6.45) is 13.5. The Morgan fingerprint density at radius 1 is 1.00 bits per heavy atom. The van der Waals surface area contributed by atoms with Gasteiger partial charge in [-0.3, -0.25) is 0 Å². The molecule has 0 radical (unpaired) electrons. The fraction of sp³-hybridized carbons (Fsp3) is 0.882. The summed E-state index contributed by atoms with van der Waals surface area (Å²) in [6, 6.07) is 0. The molecule has 0 bridgehead atoms. The van der Waals surface area contributed by atoms with Crippen LogP contribution >= 0.6 is 0 Å². The largest absolute Gasteiger partial charge is 0.0859 e. The SMILES string of the molecule is CCCC(CC)CCCC(C)CCC=C(C)C. The zero-order chi connectivity index (χ0) is 13.1. The Kier molecular flexibility index (Phi) is 10.7. The van der Waals surface area contributed by atoms with Gasteiger partial charge in [0.25, 0.3) is 0 Å². The van der Waals surface area contributed by atoms with Crippen molar-refractivity contribution in [1.29, 1.82) is 0 Å². The minimum Gasteiger partial charge on any atom is -0.0859 e. The molecule has 0 amide bonds. The van der Waals surface area contributed by atoms with Crippen molar-refractivity contribution < 1.29 is 0 Å². The van der Waals surface area contributed by atoms with Gasteiger partial charge in [0.05, 0.1) is 0 Å². The van der Waals surface area contributed by atoms with E-state index in [9.17, 15) is 0 Å². The molecule has 2 atom stereocenters. The molecule has 0 aliphatic carbocycles. The Morgan fingerprint density at radius 2 is 1.71 bits per heavy atom. The fourth-order valence-corrected chi connectivity index (χ4v) is 2.52. The Morgan fingerprint density at radius 3 is 2.24 bits per heavy atom. The molecule has 17 heavy (non-hydrogen) atoms. The van der Waals surface area contributed by atoms with Gasteiger partial charge < -0.3 is 0 Å². The smallest absolute Gasteiger partial charge is 0.0346 e. The highest BCUT2D eigenvalue weighted by Gasteiger charge is 2.06. The van der Waals surface area contributed by atoms with Crippen molar-refractivity contribution in [3.8, 4) is 0 Å². The monoisotopic (exact) mass is 238 g/mol. The van der Waals surface area contributed by atoms with Crippen LogP contribution in [0.3, 0.4) is 0 Å². The molecule has 0 aliphatic rings. The lowest BCUT2D eigenvalue weighted by atomic mass is 9.91. The van der Waals surface area contributed by atoms with Crippen LogP contribution in [0.25, 0.3) is 0 Å². The second-order valence-electron chi connectivity index (χ2n) is 5.96. The van der Waals surface area contributed by atoms with E-state index in [1.165, 1.54) is 56.9 Å². The van der Waals surface area contributed by atoms with E-state index in [2.05, 4.69) is 40.7 Å². The molecule has 0 N–H and O–H groups in total. The van der Waals surface area contributed by atoms with Crippen molar-refractivity contribution >= 4 is 0 Å². The Labute approximate surface area is 110 Å². The summed E-state index contributed by atoms with van der Waals surface area (Å²) < 4.78 is 0. The fourth-order valence-electron chi connectivity index (χ4n) is 2.52. The zero-order valence-corrected chi connectivity index (χ0v) is 12.9. The van der Waals surface area contributed by atoms with E-state index >= 15 is 0 Å². The molecule has 0 aliphatic heterocycles. The van der Waals surface area contributed by atoms with Crippen molar-refractivity contribution in [3.05, 3.63) is 11.6 Å². The van der Waals surface area contributed by atoms with Gasteiger partial charge in [0.2, 0.25) is 0 Å². The van der Waals surface area contributed by atoms with E-state index < -0.39 is 0 Å². The third kappa shape index (κ3) is 10.6. The summed E-state index contributed by atoms with van der Waals surface area (Å²) in [5, 5.41) is 0. The lowest BCUT2D eigenvalue weighted by Crippen LogP contribution is -2.01. The molecular weight excluding hydrogens is 204 g/mol. The number of hydrogen-bond donors (Lipinski definition) is 0. The van der Waals surface area contributed by atoms with E-state index in [1.54, 1.807) is 0 Å². The molecule has 0 aromatic heterocycles. The maximum atomic E-state index is 2.42. The van der Waals surface area contributed by atoms with Gasteiger partial charge in [-0.15, -0.1) is 0 Å². The molecule has 0 aromatic rings. The second-order valence-corrected chi connectivity index (χ2v) is 5.96. The van der Waals surface area contributed by atoms with Crippen LogP contribution in [0.4, 0.5) is 0 Å². The molecular formula is C17H34. The van der Waals surface area contributed by atoms with Crippen molar-refractivity contribution in [1.82, 2.24) is 0 Å². The molecule has 102 valence electrons.